The molecule has 1 aromatic heterocycles. The molecule has 0 aliphatic heterocycles. The van der Waals surface area contributed by atoms with Gasteiger partial charge in [-0.2, -0.15) is 13.2 Å². The number of para-hydroxylation sites is 2. The van der Waals surface area contributed by atoms with Crippen molar-refractivity contribution in [3.8, 4) is 0 Å². The van der Waals surface area contributed by atoms with Crippen LogP contribution in [0.5, 0.6) is 0 Å². The Morgan fingerprint density at radius 3 is 1.85 bits per heavy atom. The number of carbonyl (C=O) groups excluding carboxylic acids is 2. The molecular weight excluding hydrogens is 505 g/mol. The summed E-state index contributed by atoms with van der Waals surface area (Å²) in [4.78, 5) is 27.9. The van der Waals surface area contributed by atoms with Gasteiger partial charge in [-0.05, 0) is 37.3 Å². The molecule has 1 heterocycles. The molecule has 0 spiro atoms. The summed E-state index contributed by atoms with van der Waals surface area (Å²) in [5.74, 6) is 0.342. The standard InChI is InChI=1S/C22H18F3N3O.C3H7NO.C3H8.C2H6/c1-16-19(22(23,24)25)12-14-26-21(16)28(18-10-6-3-7-11-18)20(13-15-29)27-17-8-4-2-5-9-17;1-4(2)3-5;1-3-2;1-2/h2-15,27H,1H3;3H,1-2H3;3H2,1-2H3;1-2H3/b20-13-;;;. The normalized spacial score (nSPS) is 10.3. The van der Waals surface area contributed by atoms with E-state index in [1.165, 1.54) is 29.2 Å². The first-order valence-corrected chi connectivity index (χ1v) is 12.6. The highest BCUT2D eigenvalue weighted by atomic mass is 19.4. The molecule has 2 aromatic carbocycles. The summed E-state index contributed by atoms with van der Waals surface area (Å²) < 4.78 is 40.4. The lowest BCUT2D eigenvalue weighted by atomic mass is 10.1. The minimum atomic E-state index is -4.52. The SMILES string of the molecule is CC.CCC.CN(C)C=O.Cc1c(C(F)(F)F)ccnc1N(/C(=C\C=O)Nc1ccccc1)c1ccccc1. The molecule has 1 amide bonds. The van der Waals surface area contributed by atoms with Crippen LogP contribution in [0.2, 0.25) is 0 Å². The number of pyridine rings is 1. The largest absolute Gasteiger partial charge is 0.416 e. The first-order valence-electron chi connectivity index (χ1n) is 12.6. The molecule has 3 aromatic rings. The van der Waals surface area contributed by atoms with Crippen molar-refractivity contribution in [3.05, 3.63) is 96.0 Å². The second kappa shape index (κ2) is 19.0. The molecule has 0 bridgehead atoms. The molecule has 0 saturated carbocycles. The number of benzene rings is 2. The van der Waals surface area contributed by atoms with Crippen molar-refractivity contribution in [2.75, 3.05) is 24.3 Å². The summed E-state index contributed by atoms with van der Waals surface area (Å²) in [5, 5.41) is 3.10. The topological polar surface area (TPSA) is 65.5 Å². The van der Waals surface area contributed by atoms with Crippen LogP contribution in [-0.4, -0.2) is 36.7 Å². The van der Waals surface area contributed by atoms with E-state index in [0.29, 0.717) is 17.7 Å². The predicted octanol–water partition coefficient (Wildman–Crippen LogP) is 7.85. The lowest BCUT2D eigenvalue weighted by Gasteiger charge is -2.29. The number of anilines is 3. The van der Waals surface area contributed by atoms with E-state index >= 15 is 0 Å². The number of hydrogen-bond donors (Lipinski definition) is 1. The van der Waals surface area contributed by atoms with Crippen LogP contribution in [0, 0.1) is 6.92 Å². The summed E-state index contributed by atoms with van der Waals surface area (Å²) in [6.07, 6.45) is 0.416. The second-order valence-corrected chi connectivity index (χ2v) is 7.93. The van der Waals surface area contributed by atoms with Crippen LogP contribution >= 0.6 is 0 Å². The van der Waals surface area contributed by atoms with Gasteiger partial charge >= 0.3 is 6.18 Å². The molecule has 39 heavy (non-hydrogen) atoms. The van der Waals surface area contributed by atoms with Crippen molar-refractivity contribution in [2.24, 2.45) is 0 Å². The van der Waals surface area contributed by atoms with Crippen LogP contribution in [0.15, 0.2) is 84.8 Å². The number of aromatic nitrogens is 1. The molecule has 0 aliphatic rings. The van der Waals surface area contributed by atoms with Crippen LogP contribution in [0.4, 0.5) is 30.4 Å². The number of hydrogen-bond acceptors (Lipinski definition) is 5. The maximum atomic E-state index is 13.5. The van der Waals surface area contributed by atoms with Gasteiger partial charge in [-0.3, -0.25) is 14.5 Å². The van der Waals surface area contributed by atoms with Gasteiger partial charge < -0.3 is 10.2 Å². The summed E-state index contributed by atoms with van der Waals surface area (Å²) in [6, 6.07) is 18.7. The van der Waals surface area contributed by atoms with E-state index in [1.807, 2.05) is 32.0 Å². The van der Waals surface area contributed by atoms with Gasteiger partial charge in [0.25, 0.3) is 0 Å². The number of amides is 1. The van der Waals surface area contributed by atoms with Gasteiger partial charge in [0.1, 0.15) is 17.9 Å². The first-order chi connectivity index (χ1) is 18.6. The zero-order valence-corrected chi connectivity index (χ0v) is 23.7. The molecule has 3 rings (SSSR count). The molecule has 0 atom stereocenters. The van der Waals surface area contributed by atoms with E-state index in [1.54, 1.807) is 56.6 Å². The summed E-state index contributed by atoms with van der Waals surface area (Å²) in [7, 11) is 3.38. The van der Waals surface area contributed by atoms with Gasteiger partial charge in [0.15, 0.2) is 0 Å². The minimum Gasteiger partial charge on any atom is -0.351 e. The highest BCUT2D eigenvalue weighted by molar-refractivity contribution is 5.77. The lowest BCUT2D eigenvalue weighted by Crippen LogP contribution is -2.25. The Hall–Kier alpha value is -4.14. The zero-order valence-electron chi connectivity index (χ0n) is 23.7. The van der Waals surface area contributed by atoms with Crippen molar-refractivity contribution in [2.45, 2.75) is 47.2 Å². The Labute approximate surface area is 230 Å². The number of carbonyl (C=O) groups is 2. The lowest BCUT2D eigenvalue weighted by molar-refractivity contribution is -0.138. The van der Waals surface area contributed by atoms with Crippen molar-refractivity contribution in [1.82, 2.24) is 9.88 Å². The number of nitrogens with zero attached hydrogens (tertiary/aromatic N) is 3. The number of rotatable bonds is 7. The molecule has 9 heteroatoms. The first kappa shape index (κ1) is 34.9. The Kier molecular flexibility index (Phi) is 17.0. The Balaban J connectivity index is 0.00000125. The van der Waals surface area contributed by atoms with E-state index in [4.69, 9.17) is 0 Å². The van der Waals surface area contributed by atoms with Crippen LogP contribution < -0.4 is 10.2 Å². The van der Waals surface area contributed by atoms with Gasteiger partial charge in [0.05, 0.1) is 5.56 Å². The highest BCUT2D eigenvalue weighted by Crippen LogP contribution is 2.38. The van der Waals surface area contributed by atoms with Crippen molar-refractivity contribution < 1.29 is 22.8 Å². The van der Waals surface area contributed by atoms with Crippen molar-refractivity contribution in [1.29, 1.82) is 0 Å². The molecule has 6 nitrogen and oxygen atoms in total. The zero-order chi connectivity index (χ0) is 29.8. The molecule has 212 valence electrons. The molecule has 0 aliphatic carbocycles. The van der Waals surface area contributed by atoms with Crippen LogP contribution in [0.25, 0.3) is 0 Å². The average molecular weight is 545 g/mol. The maximum Gasteiger partial charge on any atom is 0.416 e. The summed E-state index contributed by atoms with van der Waals surface area (Å²) in [5.41, 5.74) is 0.397. The molecule has 0 fully saturated rings. The van der Waals surface area contributed by atoms with Crippen LogP contribution in [0.3, 0.4) is 0 Å². The van der Waals surface area contributed by atoms with Gasteiger partial charge in [0, 0.05) is 43.3 Å². The molecule has 0 radical (unpaired) electrons. The fraction of sp³-hybridized carbons (Fsp3) is 0.300. The van der Waals surface area contributed by atoms with E-state index < -0.39 is 11.7 Å². The fourth-order valence-electron chi connectivity index (χ4n) is 2.92. The number of alkyl halides is 3. The maximum absolute atomic E-state index is 13.5. The van der Waals surface area contributed by atoms with Crippen molar-refractivity contribution in [3.63, 3.8) is 0 Å². The van der Waals surface area contributed by atoms with E-state index in [0.717, 1.165) is 18.7 Å². The van der Waals surface area contributed by atoms with Crippen LogP contribution in [-0.2, 0) is 15.8 Å². The van der Waals surface area contributed by atoms with Gasteiger partial charge in [-0.25, -0.2) is 4.98 Å². The predicted molar refractivity (Wildman–Crippen MR) is 154 cm³/mol. The number of allylic oxidation sites excluding steroid dienone is 1. The fourth-order valence-corrected chi connectivity index (χ4v) is 2.92. The molecule has 0 saturated heterocycles. The van der Waals surface area contributed by atoms with Gasteiger partial charge in [-0.1, -0.05) is 70.5 Å². The Morgan fingerprint density at radius 1 is 0.923 bits per heavy atom. The Morgan fingerprint density at radius 2 is 1.41 bits per heavy atom. The summed E-state index contributed by atoms with van der Waals surface area (Å²) >= 11 is 0. The molecular formula is C30H39F3N4O2. The van der Waals surface area contributed by atoms with E-state index in [2.05, 4.69) is 24.1 Å². The quantitative estimate of drug-likeness (QED) is 0.242. The minimum absolute atomic E-state index is 0.0458. The number of aldehydes is 1. The third kappa shape index (κ3) is 12.3. The highest BCUT2D eigenvalue weighted by Gasteiger charge is 2.34. The number of halogens is 3. The van der Waals surface area contributed by atoms with Crippen molar-refractivity contribution >= 4 is 29.9 Å². The Bertz CT molecular complexity index is 1120. The third-order valence-corrected chi connectivity index (χ3v) is 4.43. The van der Waals surface area contributed by atoms with Crippen LogP contribution in [0.1, 0.15) is 45.2 Å². The average Bonchev–Trinajstić information content (AvgIpc) is 2.92. The monoisotopic (exact) mass is 544 g/mol. The third-order valence-electron chi connectivity index (χ3n) is 4.43. The molecule has 0 unspecified atom stereocenters. The molecule has 1 N–H and O–H groups in total. The smallest absolute Gasteiger partial charge is 0.351 e. The number of nitrogens with one attached hydrogen (secondary N) is 1. The van der Waals surface area contributed by atoms with E-state index in [-0.39, 0.29) is 17.2 Å². The summed E-state index contributed by atoms with van der Waals surface area (Å²) in [6.45, 7) is 9.61. The second-order valence-electron chi connectivity index (χ2n) is 7.93. The van der Waals surface area contributed by atoms with Gasteiger partial charge in [0.2, 0.25) is 6.41 Å². The van der Waals surface area contributed by atoms with Gasteiger partial charge in [-0.15, -0.1) is 0 Å². The van der Waals surface area contributed by atoms with E-state index in [9.17, 15) is 22.8 Å².